The average molecular weight is 279 g/mol. The van der Waals surface area contributed by atoms with E-state index in [9.17, 15) is 14.9 Å². The predicted octanol–water partition coefficient (Wildman–Crippen LogP) is 2.25. The monoisotopic (exact) mass is 279 g/mol. The molecule has 0 aromatic carbocycles. The smallest absolute Gasteiger partial charge is 0.322 e. The molecule has 0 fully saturated rings. The van der Waals surface area contributed by atoms with Gasteiger partial charge in [0.15, 0.2) is 5.92 Å². The Bertz CT molecular complexity index is 371. The summed E-state index contributed by atoms with van der Waals surface area (Å²) in [5.41, 5.74) is 0. The minimum atomic E-state index is -1.23. The minimum absolute atomic E-state index is 0.0100. The summed E-state index contributed by atoms with van der Waals surface area (Å²) in [5, 5.41) is 9.19. The quantitative estimate of drug-likeness (QED) is 0.367. The molecule has 0 aliphatic rings. The third-order valence-electron chi connectivity index (χ3n) is 2.49. The second kappa shape index (κ2) is 9.79. The Hall–Kier alpha value is -2.09. The van der Waals surface area contributed by atoms with Crippen molar-refractivity contribution in [1.29, 1.82) is 5.26 Å². The maximum Gasteiger partial charge on any atom is 0.322 e. The summed E-state index contributed by atoms with van der Waals surface area (Å²) in [6.07, 6.45) is 3.20. The van der Waals surface area contributed by atoms with E-state index < -0.39 is 23.8 Å². The Morgan fingerprint density at radius 3 is 1.90 bits per heavy atom. The molecule has 0 aromatic heterocycles. The SMILES string of the molecule is C=CCOC(=O)C(C(=O)OCC=C)C(C#N)CC(C)C. The van der Waals surface area contributed by atoms with Crippen molar-refractivity contribution in [3.63, 3.8) is 0 Å². The zero-order chi connectivity index (χ0) is 15.5. The fourth-order valence-electron chi connectivity index (χ4n) is 1.66. The van der Waals surface area contributed by atoms with E-state index in [1.165, 1.54) is 12.2 Å². The van der Waals surface area contributed by atoms with Crippen molar-refractivity contribution in [2.45, 2.75) is 20.3 Å². The lowest BCUT2D eigenvalue weighted by atomic mass is 9.86. The fourth-order valence-corrected chi connectivity index (χ4v) is 1.66. The first-order chi connectivity index (χ1) is 9.47. The van der Waals surface area contributed by atoms with Crippen molar-refractivity contribution in [1.82, 2.24) is 0 Å². The highest BCUT2D eigenvalue weighted by Gasteiger charge is 2.38. The van der Waals surface area contributed by atoms with E-state index in [0.717, 1.165) is 0 Å². The summed E-state index contributed by atoms with van der Waals surface area (Å²) in [7, 11) is 0. The molecule has 0 aliphatic carbocycles. The molecule has 0 bridgehead atoms. The molecule has 20 heavy (non-hydrogen) atoms. The number of nitriles is 1. The van der Waals surface area contributed by atoms with Gasteiger partial charge in [-0.05, 0) is 12.3 Å². The summed E-state index contributed by atoms with van der Waals surface area (Å²) >= 11 is 0. The van der Waals surface area contributed by atoms with Crippen LogP contribution in [-0.2, 0) is 19.1 Å². The highest BCUT2D eigenvalue weighted by Crippen LogP contribution is 2.23. The van der Waals surface area contributed by atoms with E-state index in [-0.39, 0.29) is 19.1 Å². The van der Waals surface area contributed by atoms with Gasteiger partial charge in [-0.1, -0.05) is 39.2 Å². The second-order valence-electron chi connectivity index (χ2n) is 4.68. The van der Waals surface area contributed by atoms with Gasteiger partial charge in [0.05, 0.1) is 12.0 Å². The molecule has 0 saturated carbocycles. The van der Waals surface area contributed by atoms with Crippen LogP contribution in [0, 0.1) is 29.1 Å². The Kier molecular flexibility index (Phi) is 8.77. The Morgan fingerprint density at radius 2 is 1.60 bits per heavy atom. The summed E-state index contributed by atoms with van der Waals surface area (Å²) in [6.45, 7) is 10.7. The second-order valence-corrected chi connectivity index (χ2v) is 4.68. The first-order valence-electron chi connectivity index (χ1n) is 6.42. The van der Waals surface area contributed by atoms with Crippen molar-refractivity contribution in [3.05, 3.63) is 25.3 Å². The fraction of sp³-hybridized carbons (Fsp3) is 0.533. The molecule has 0 saturated heterocycles. The van der Waals surface area contributed by atoms with E-state index in [2.05, 4.69) is 13.2 Å². The van der Waals surface area contributed by atoms with Gasteiger partial charge in [-0.3, -0.25) is 9.59 Å². The van der Waals surface area contributed by atoms with Crippen LogP contribution in [0.2, 0.25) is 0 Å². The highest BCUT2D eigenvalue weighted by atomic mass is 16.6. The number of carbonyl (C=O) groups excluding carboxylic acids is 2. The lowest BCUT2D eigenvalue weighted by molar-refractivity contribution is -0.162. The maximum atomic E-state index is 11.9. The van der Waals surface area contributed by atoms with E-state index in [4.69, 9.17) is 9.47 Å². The van der Waals surface area contributed by atoms with Crippen LogP contribution in [0.15, 0.2) is 25.3 Å². The molecule has 110 valence electrons. The van der Waals surface area contributed by atoms with Crippen LogP contribution in [0.3, 0.4) is 0 Å². The molecule has 1 atom stereocenters. The maximum absolute atomic E-state index is 11.9. The van der Waals surface area contributed by atoms with Crippen LogP contribution in [0.5, 0.6) is 0 Å². The number of hydrogen-bond acceptors (Lipinski definition) is 5. The third kappa shape index (κ3) is 6.19. The van der Waals surface area contributed by atoms with Gasteiger partial charge in [-0.2, -0.15) is 5.26 Å². The number of rotatable bonds is 9. The van der Waals surface area contributed by atoms with Gasteiger partial charge < -0.3 is 9.47 Å². The minimum Gasteiger partial charge on any atom is -0.461 e. The molecule has 0 aliphatic heterocycles. The molecule has 5 nitrogen and oxygen atoms in total. The standard InChI is InChI=1S/C15H21NO4/c1-5-7-19-14(17)13(15(18)20-8-6-2)12(10-16)9-11(3)4/h5-6,11-13H,1-2,7-9H2,3-4H3. The number of hydrogen-bond donors (Lipinski definition) is 0. The number of nitrogens with zero attached hydrogens (tertiary/aromatic N) is 1. The normalized spacial score (nSPS) is 11.6. The Labute approximate surface area is 119 Å². The predicted molar refractivity (Wildman–Crippen MR) is 74.4 cm³/mol. The first kappa shape index (κ1) is 17.9. The van der Waals surface area contributed by atoms with E-state index in [1.54, 1.807) is 0 Å². The lowest BCUT2D eigenvalue weighted by Gasteiger charge is -2.20. The summed E-state index contributed by atoms with van der Waals surface area (Å²) < 4.78 is 9.77. The molecule has 0 heterocycles. The van der Waals surface area contributed by atoms with Crippen molar-refractivity contribution in [3.8, 4) is 6.07 Å². The Morgan fingerprint density at radius 1 is 1.15 bits per heavy atom. The van der Waals surface area contributed by atoms with Crippen LogP contribution in [0.4, 0.5) is 0 Å². The molecular weight excluding hydrogens is 258 g/mol. The molecule has 0 rings (SSSR count). The zero-order valence-electron chi connectivity index (χ0n) is 12.0. The molecule has 0 radical (unpaired) electrons. The van der Waals surface area contributed by atoms with Crippen LogP contribution in [0.1, 0.15) is 20.3 Å². The molecule has 0 aromatic rings. The number of carbonyl (C=O) groups is 2. The molecular formula is C15H21NO4. The third-order valence-corrected chi connectivity index (χ3v) is 2.49. The van der Waals surface area contributed by atoms with Gasteiger partial charge in [0.1, 0.15) is 13.2 Å². The van der Waals surface area contributed by atoms with Crippen molar-refractivity contribution in [2.75, 3.05) is 13.2 Å². The van der Waals surface area contributed by atoms with Gasteiger partial charge in [0.25, 0.3) is 0 Å². The molecule has 0 N–H and O–H groups in total. The summed E-state index contributed by atoms with van der Waals surface area (Å²) in [4.78, 5) is 23.9. The molecule has 0 amide bonds. The van der Waals surface area contributed by atoms with Crippen LogP contribution >= 0.6 is 0 Å². The number of ether oxygens (including phenoxy) is 2. The zero-order valence-corrected chi connectivity index (χ0v) is 12.0. The van der Waals surface area contributed by atoms with Crippen LogP contribution < -0.4 is 0 Å². The average Bonchev–Trinajstić information content (AvgIpc) is 2.41. The molecule has 0 spiro atoms. The van der Waals surface area contributed by atoms with Crippen molar-refractivity contribution >= 4 is 11.9 Å². The molecule has 1 unspecified atom stereocenters. The summed E-state index contributed by atoms with van der Waals surface area (Å²) in [5.74, 6) is -3.36. The number of esters is 2. The first-order valence-corrected chi connectivity index (χ1v) is 6.42. The van der Waals surface area contributed by atoms with E-state index >= 15 is 0 Å². The Balaban J connectivity index is 5.05. The lowest BCUT2D eigenvalue weighted by Crippen LogP contribution is -2.34. The molecule has 5 heteroatoms. The van der Waals surface area contributed by atoms with Crippen LogP contribution in [-0.4, -0.2) is 25.2 Å². The van der Waals surface area contributed by atoms with E-state index in [0.29, 0.717) is 6.42 Å². The van der Waals surface area contributed by atoms with Crippen LogP contribution in [0.25, 0.3) is 0 Å². The largest absolute Gasteiger partial charge is 0.461 e. The van der Waals surface area contributed by atoms with Gasteiger partial charge >= 0.3 is 11.9 Å². The van der Waals surface area contributed by atoms with Gasteiger partial charge in [0.2, 0.25) is 0 Å². The summed E-state index contributed by atoms with van der Waals surface area (Å²) in [6, 6.07) is 1.99. The van der Waals surface area contributed by atoms with Crippen molar-refractivity contribution in [2.24, 2.45) is 17.8 Å². The highest BCUT2D eigenvalue weighted by molar-refractivity contribution is 5.95. The topological polar surface area (TPSA) is 76.4 Å². The van der Waals surface area contributed by atoms with Gasteiger partial charge in [-0.15, -0.1) is 0 Å². The van der Waals surface area contributed by atoms with E-state index in [1.807, 2.05) is 19.9 Å². The van der Waals surface area contributed by atoms with Gasteiger partial charge in [-0.25, -0.2) is 0 Å². The van der Waals surface area contributed by atoms with Gasteiger partial charge in [0, 0.05) is 0 Å². The van der Waals surface area contributed by atoms with Crippen molar-refractivity contribution < 1.29 is 19.1 Å².